The smallest absolute Gasteiger partial charge is 0.324 e. The number of fused-ring (bicyclic) bond motifs is 1. The average molecular weight is 451 g/mol. The Bertz CT molecular complexity index is 1130. The number of aromatic nitrogens is 4. The molecule has 2 aromatic heterocycles. The Balaban J connectivity index is 1.24. The first-order valence-electron chi connectivity index (χ1n) is 10.9. The second-order valence-corrected chi connectivity index (χ2v) is 7.68. The molecule has 1 fully saturated rings. The lowest BCUT2D eigenvalue weighted by Crippen LogP contribution is -2.50. The molecule has 0 radical (unpaired) electrons. The first-order chi connectivity index (χ1) is 16.1. The molecule has 0 unspecified atom stereocenters. The number of carbonyl (C=O) groups excluding carboxylic acids is 3. The monoisotopic (exact) mass is 450 g/mol. The van der Waals surface area contributed by atoms with E-state index in [1.54, 1.807) is 10.9 Å². The van der Waals surface area contributed by atoms with E-state index in [1.165, 1.54) is 16.8 Å². The molecule has 3 heterocycles. The number of hydrogen-bond acceptors (Lipinski definition) is 7. The Labute approximate surface area is 190 Å². The lowest BCUT2D eigenvalue weighted by Gasteiger charge is -2.26. The van der Waals surface area contributed by atoms with E-state index in [0.717, 1.165) is 24.2 Å². The van der Waals surface area contributed by atoms with E-state index in [2.05, 4.69) is 43.1 Å². The molecule has 0 atom stereocenters. The molecule has 0 spiro atoms. The standard InChI is InChI=1S/C22H26N8O3/c31-18(7-11-29-12-8-19(32)28-22(29)33)23-10-13-30-21-17(14-27-30)20(25-15-26-21)24-9-6-16-4-2-1-3-5-16/h1-5,14-15H,6-13H2,(H,23,31)(H,24,25,26)(H,28,32,33). The van der Waals surface area contributed by atoms with Gasteiger partial charge in [-0.1, -0.05) is 30.3 Å². The van der Waals surface area contributed by atoms with Crippen molar-refractivity contribution in [2.45, 2.75) is 25.8 Å². The van der Waals surface area contributed by atoms with E-state index in [1.807, 2.05) is 18.2 Å². The Morgan fingerprint density at radius 3 is 2.76 bits per heavy atom. The van der Waals surface area contributed by atoms with Crippen LogP contribution in [0.4, 0.5) is 10.6 Å². The number of nitrogens with zero attached hydrogens (tertiary/aromatic N) is 5. The molecule has 3 N–H and O–H groups in total. The molecule has 4 rings (SSSR count). The van der Waals surface area contributed by atoms with Crippen molar-refractivity contribution in [1.29, 1.82) is 0 Å². The molecular formula is C22H26N8O3. The topological polar surface area (TPSA) is 134 Å². The molecule has 33 heavy (non-hydrogen) atoms. The molecule has 1 aliphatic heterocycles. The highest BCUT2D eigenvalue weighted by Crippen LogP contribution is 2.18. The minimum atomic E-state index is -0.449. The van der Waals surface area contributed by atoms with Crippen LogP contribution in [0.5, 0.6) is 0 Å². The lowest BCUT2D eigenvalue weighted by molar-refractivity contribution is -0.121. The first-order valence-corrected chi connectivity index (χ1v) is 10.9. The summed E-state index contributed by atoms with van der Waals surface area (Å²) in [5.41, 5.74) is 1.94. The molecule has 11 nitrogen and oxygen atoms in total. The van der Waals surface area contributed by atoms with Crippen molar-refractivity contribution in [3.05, 3.63) is 48.4 Å². The Morgan fingerprint density at radius 2 is 1.94 bits per heavy atom. The van der Waals surface area contributed by atoms with Crippen LogP contribution in [0, 0.1) is 0 Å². The third kappa shape index (κ3) is 5.82. The molecule has 1 saturated heterocycles. The molecule has 0 saturated carbocycles. The van der Waals surface area contributed by atoms with Crippen LogP contribution >= 0.6 is 0 Å². The van der Waals surface area contributed by atoms with Gasteiger partial charge in [-0.15, -0.1) is 0 Å². The minimum Gasteiger partial charge on any atom is -0.369 e. The minimum absolute atomic E-state index is 0.166. The van der Waals surface area contributed by atoms with Crippen LogP contribution in [-0.4, -0.2) is 68.7 Å². The van der Waals surface area contributed by atoms with E-state index in [4.69, 9.17) is 0 Å². The van der Waals surface area contributed by atoms with Crippen molar-refractivity contribution >= 4 is 34.7 Å². The number of benzene rings is 1. The Hall–Kier alpha value is -4.02. The fourth-order valence-electron chi connectivity index (χ4n) is 3.61. The highest BCUT2D eigenvalue weighted by molar-refractivity contribution is 5.96. The normalized spacial score (nSPS) is 13.8. The molecule has 1 aromatic carbocycles. The zero-order valence-electron chi connectivity index (χ0n) is 18.2. The zero-order chi connectivity index (χ0) is 23.0. The summed E-state index contributed by atoms with van der Waals surface area (Å²) in [6.45, 7) is 2.16. The molecule has 0 bridgehead atoms. The molecular weight excluding hydrogens is 424 g/mol. The lowest BCUT2D eigenvalue weighted by atomic mass is 10.1. The number of rotatable bonds is 10. The summed E-state index contributed by atoms with van der Waals surface area (Å²) >= 11 is 0. The van der Waals surface area contributed by atoms with Crippen molar-refractivity contribution < 1.29 is 14.4 Å². The van der Waals surface area contributed by atoms with Gasteiger partial charge in [0.1, 0.15) is 12.1 Å². The van der Waals surface area contributed by atoms with Crippen LogP contribution in [0.2, 0.25) is 0 Å². The molecule has 0 aliphatic carbocycles. The van der Waals surface area contributed by atoms with Gasteiger partial charge in [-0.3, -0.25) is 14.9 Å². The van der Waals surface area contributed by atoms with Crippen LogP contribution in [0.25, 0.3) is 11.0 Å². The zero-order valence-corrected chi connectivity index (χ0v) is 18.2. The quantitative estimate of drug-likeness (QED) is 0.418. The fourth-order valence-corrected chi connectivity index (χ4v) is 3.61. The molecule has 11 heteroatoms. The maximum Gasteiger partial charge on any atom is 0.324 e. The summed E-state index contributed by atoms with van der Waals surface area (Å²) in [4.78, 5) is 45.2. The van der Waals surface area contributed by atoms with E-state index in [-0.39, 0.29) is 31.2 Å². The molecule has 172 valence electrons. The highest BCUT2D eigenvalue weighted by atomic mass is 16.2. The summed E-state index contributed by atoms with van der Waals surface area (Å²) in [7, 11) is 0. The van der Waals surface area contributed by atoms with E-state index >= 15 is 0 Å². The second kappa shape index (κ2) is 10.5. The number of nitrogens with one attached hydrogen (secondary N) is 3. The number of anilines is 1. The van der Waals surface area contributed by atoms with Crippen LogP contribution in [-0.2, 0) is 22.6 Å². The van der Waals surface area contributed by atoms with Gasteiger partial charge < -0.3 is 15.5 Å². The molecule has 1 aliphatic rings. The largest absolute Gasteiger partial charge is 0.369 e. The molecule has 3 aromatic rings. The summed E-state index contributed by atoms with van der Waals surface area (Å²) in [6, 6.07) is 9.77. The maximum absolute atomic E-state index is 12.1. The second-order valence-electron chi connectivity index (χ2n) is 7.68. The van der Waals surface area contributed by atoms with Crippen molar-refractivity contribution in [2.75, 3.05) is 31.5 Å². The number of imide groups is 1. The maximum atomic E-state index is 12.1. The summed E-state index contributed by atoms with van der Waals surface area (Å²) in [6.07, 6.45) is 4.52. The van der Waals surface area contributed by atoms with Crippen LogP contribution < -0.4 is 16.0 Å². The predicted octanol–water partition coefficient (Wildman–Crippen LogP) is 0.929. The summed E-state index contributed by atoms with van der Waals surface area (Å²) in [5.74, 6) is 0.268. The average Bonchev–Trinajstić information content (AvgIpc) is 3.23. The summed E-state index contributed by atoms with van der Waals surface area (Å²) in [5, 5.41) is 13.6. The van der Waals surface area contributed by atoms with E-state index in [0.29, 0.717) is 25.3 Å². The van der Waals surface area contributed by atoms with Crippen LogP contribution in [0.1, 0.15) is 18.4 Å². The number of urea groups is 1. The predicted molar refractivity (Wildman–Crippen MR) is 121 cm³/mol. The van der Waals surface area contributed by atoms with Gasteiger partial charge in [-0.05, 0) is 12.0 Å². The van der Waals surface area contributed by atoms with Crippen molar-refractivity contribution in [2.24, 2.45) is 0 Å². The van der Waals surface area contributed by atoms with Crippen LogP contribution in [0.3, 0.4) is 0 Å². The van der Waals surface area contributed by atoms with Gasteiger partial charge in [0, 0.05) is 39.0 Å². The van der Waals surface area contributed by atoms with Gasteiger partial charge in [0.25, 0.3) is 0 Å². The van der Waals surface area contributed by atoms with Gasteiger partial charge in [0.15, 0.2) is 5.65 Å². The SMILES string of the molecule is O=C(CCN1CCC(=O)NC1=O)NCCn1ncc2c(NCCc3ccccc3)ncnc21. The van der Waals surface area contributed by atoms with Gasteiger partial charge in [-0.2, -0.15) is 5.10 Å². The Morgan fingerprint density at radius 1 is 1.09 bits per heavy atom. The van der Waals surface area contributed by atoms with Crippen molar-refractivity contribution in [1.82, 2.24) is 35.3 Å². The van der Waals surface area contributed by atoms with E-state index < -0.39 is 6.03 Å². The van der Waals surface area contributed by atoms with Gasteiger partial charge in [0.05, 0.1) is 18.1 Å². The highest BCUT2D eigenvalue weighted by Gasteiger charge is 2.23. The number of carbonyl (C=O) groups is 3. The van der Waals surface area contributed by atoms with E-state index in [9.17, 15) is 14.4 Å². The third-order valence-corrected chi connectivity index (χ3v) is 5.38. The first kappa shape index (κ1) is 22.2. The summed E-state index contributed by atoms with van der Waals surface area (Å²) < 4.78 is 1.73. The van der Waals surface area contributed by atoms with Crippen molar-refractivity contribution in [3.8, 4) is 0 Å². The van der Waals surface area contributed by atoms with Gasteiger partial charge in [0.2, 0.25) is 11.8 Å². The number of hydrogen-bond donors (Lipinski definition) is 3. The van der Waals surface area contributed by atoms with Crippen molar-refractivity contribution in [3.63, 3.8) is 0 Å². The van der Waals surface area contributed by atoms with Gasteiger partial charge >= 0.3 is 6.03 Å². The number of amides is 4. The Kier molecular flexibility index (Phi) is 7.08. The van der Waals surface area contributed by atoms with Crippen LogP contribution in [0.15, 0.2) is 42.9 Å². The van der Waals surface area contributed by atoms with Gasteiger partial charge in [-0.25, -0.2) is 19.4 Å². The molecule has 4 amide bonds. The third-order valence-electron chi connectivity index (χ3n) is 5.38. The fraction of sp³-hybridized carbons (Fsp3) is 0.364.